The zero-order valence-corrected chi connectivity index (χ0v) is 15.3. The van der Waals surface area contributed by atoms with E-state index in [1.54, 1.807) is 15.9 Å². The number of carbonyl (C=O) groups excluding carboxylic acids is 2. The molecule has 0 bridgehead atoms. The van der Waals surface area contributed by atoms with E-state index in [1.807, 2.05) is 0 Å². The number of hydrogen-bond acceptors (Lipinski definition) is 5. The molecule has 0 aromatic heterocycles. The zero-order chi connectivity index (χ0) is 19.3. The minimum absolute atomic E-state index is 0.0140. The molecule has 1 atom stereocenters. The molecule has 2 heterocycles. The fourth-order valence-corrected chi connectivity index (χ4v) is 3.24. The number of rotatable bonds is 3. The summed E-state index contributed by atoms with van der Waals surface area (Å²) in [4.78, 5) is 28.0. The van der Waals surface area contributed by atoms with Gasteiger partial charge in [0.2, 0.25) is 11.7 Å². The molecule has 2 aliphatic rings. The van der Waals surface area contributed by atoms with Crippen molar-refractivity contribution >= 4 is 17.6 Å². The van der Waals surface area contributed by atoms with Gasteiger partial charge in [-0.3, -0.25) is 4.79 Å². The van der Waals surface area contributed by atoms with Gasteiger partial charge in [-0.15, -0.1) is 0 Å². The fourth-order valence-electron chi connectivity index (χ4n) is 3.24. The van der Waals surface area contributed by atoms with Gasteiger partial charge >= 0.3 is 6.03 Å². The lowest BCUT2D eigenvalue weighted by atomic mass is 10.2. The SMILES string of the molecule is COCC(=O)N1CCOC2(C1)CN(C(=O)Nc1cccc(F)c1)CCCO2. The van der Waals surface area contributed by atoms with E-state index >= 15 is 0 Å². The first-order chi connectivity index (χ1) is 13.0. The monoisotopic (exact) mass is 381 g/mol. The molecule has 3 amide bonds. The number of urea groups is 1. The summed E-state index contributed by atoms with van der Waals surface area (Å²) >= 11 is 0. The standard InChI is InChI=1S/C18H24FN3O5/c1-25-11-16(23)21-7-9-27-18(12-21)13-22(6-3-8-26-18)17(24)20-15-5-2-4-14(19)10-15/h2,4-5,10H,3,6-9,11-13H2,1H3,(H,20,24). The van der Waals surface area contributed by atoms with E-state index in [0.717, 1.165) is 0 Å². The van der Waals surface area contributed by atoms with Crippen molar-refractivity contribution in [3.63, 3.8) is 0 Å². The summed E-state index contributed by atoms with van der Waals surface area (Å²) in [6.45, 7) is 2.02. The second kappa shape index (κ2) is 8.64. The summed E-state index contributed by atoms with van der Waals surface area (Å²) in [5, 5.41) is 2.69. The Morgan fingerprint density at radius 3 is 2.78 bits per heavy atom. The molecule has 9 heteroatoms. The molecule has 2 fully saturated rings. The summed E-state index contributed by atoms with van der Waals surface area (Å²) in [7, 11) is 1.47. The van der Waals surface area contributed by atoms with Crippen molar-refractivity contribution in [3.05, 3.63) is 30.1 Å². The highest BCUT2D eigenvalue weighted by molar-refractivity contribution is 5.89. The largest absolute Gasteiger partial charge is 0.375 e. The molecule has 1 N–H and O–H groups in total. The van der Waals surface area contributed by atoms with E-state index in [9.17, 15) is 14.0 Å². The van der Waals surface area contributed by atoms with Crippen LogP contribution in [0.4, 0.5) is 14.9 Å². The topological polar surface area (TPSA) is 80.3 Å². The summed E-state index contributed by atoms with van der Waals surface area (Å²) in [5.41, 5.74) is 0.376. The maximum atomic E-state index is 13.3. The van der Waals surface area contributed by atoms with Crippen molar-refractivity contribution in [1.82, 2.24) is 9.80 Å². The molecule has 3 rings (SSSR count). The number of anilines is 1. The quantitative estimate of drug-likeness (QED) is 0.853. The molecule has 1 unspecified atom stereocenters. The van der Waals surface area contributed by atoms with Gasteiger partial charge in [0.25, 0.3) is 0 Å². The summed E-state index contributed by atoms with van der Waals surface area (Å²) in [6.07, 6.45) is 0.633. The molecule has 1 spiro atoms. The van der Waals surface area contributed by atoms with E-state index in [1.165, 1.54) is 25.3 Å². The van der Waals surface area contributed by atoms with E-state index in [4.69, 9.17) is 14.2 Å². The molecule has 2 aliphatic heterocycles. The molecule has 0 saturated carbocycles. The third-order valence-electron chi connectivity index (χ3n) is 4.51. The molecule has 148 valence electrons. The van der Waals surface area contributed by atoms with Gasteiger partial charge in [0, 0.05) is 25.9 Å². The third kappa shape index (κ3) is 4.94. The number of hydrogen-bond donors (Lipinski definition) is 1. The molecule has 27 heavy (non-hydrogen) atoms. The van der Waals surface area contributed by atoms with Gasteiger partial charge in [0.15, 0.2) is 0 Å². The molecular weight excluding hydrogens is 357 g/mol. The molecule has 1 aromatic carbocycles. The van der Waals surface area contributed by atoms with Crippen LogP contribution in [0.1, 0.15) is 6.42 Å². The normalized spacial score (nSPS) is 23.2. The van der Waals surface area contributed by atoms with Gasteiger partial charge < -0.3 is 29.3 Å². The van der Waals surface area contributed by atoms with Crippen LogP contribution in [0.15, 0.2) is 24.3 Å². The highest BCUT2D eigenvalue weighted by Gasteiger charge is 2.43. The van der Waals surface area contributed by atoms with Gasteiger partial charge in [-0.05, 0) is 24.6 Å². The molecule has 0 radical (unpaired) electrons. The predicted molar refractivity (Wildman–Crippen MR) is 94.7 cm³/mol. The number of amides is 3. The highest BCUT2D eigenvalue weighted by Crippen LogP contribution is 2.25. The summed E-state index contributed by atoms with van der Waals surface area (Å²) < 4.78 is 30.0. The predicted octanol–water partition coefficient (Wildman–Crippen LogP) is 1.28. The third-order valence-corrected chi connectivity index (χ3v) is 4.51. The van der Waals surface area contributed by atoms with E-state index in [2.05, 4.69) is 5.32 Å². The Kier molecular flexibility index (Phi) is 6.25. The molecule has 2 saturated heterocycles. The van der Waals surface area contributed by atoms with E-state index in [-0.39, 0.29) is 31.6 Å². The second-order valence-electron chi connectivity index (χ2n) is 6.57. The highest BCUT2D eigenvalue weighted by atomic mass is 19.1. The van der Waals surface area contributed by atoms with Crippen LogP contribution in [-0.2, 0) is 19.0 Å². The smallest absolute Gasteiger partial charge is 0.322 e. The Morgan fingerprint density at radius 1 is 1.22 bits per heavy atom. The van der Waals surface area contributed by atoms with Gasteiger partial charge in [-0.1, -0.05) is 6.07 Å². The molecule has 0 aliphatic carbocycles. The summed E-state index contributed by atoms with van der Waals surface area (Å²) in [5.74, 6) is -1.65. The van der Waals surface area contributed by atoms with Gasteiger partial charge in [0.05, 0.1) is 26.3 Å². The Hall–Kier alpha value is -2.23. The van der Waals surface area contributed by atoms with Crippen molar-refractivity contribution < 1.29 is 28.2 Å². The van der Waals surface area contributed by atoms with Crippen LogP contribution in [0.5, 0.6) is 0 Å². The lowest BCUT2D eigenvalue weighted by Crippen LogP contribution is -2.60. The first-order valence-electron chi connectivity index (χ1n) is 8.87. The van der Waals surface area contributed by atoms with E-state index < -0.39 is 11.6 Å². The number of benzene rings is 1. The number of morpholine rings is 1. The lowest BCUT2D eigenvalue weighted by Gasteiger charge is -2.43. The van der Waals surface area contributed by atoms with Gasteiger partial charge in [-0.2, -0.15) is 0 Å². The van der Waals surface area contributed by atoms with E-state index in [0.29, 0.717) is 38.4 Å². The Labute approximate surface area is 157 Å². The Bertz CT molecular complexity index is 689. The van der Waals surface area contributed by atoms with Crippen molar-refractivity contribution in [3.8, 4) is 0 Å². The molecule has 1 aromatic rings. The number of methoxy groups -OCH3 is 1. The minimum atomic E-state index is -1.07. The molecular formula is C18H24FN3O5. The number of ether oxygens (including phenoxy) is 3. The maximum absolute atomic E-state index is 13.3. The van der Waals surface area contributed by atoms with Crippen LogP contribution < -0.4 is 5.32 Å². The fraction of sp³-hybridized carbons (Fsp3) is 0.556. The lowest BCUT2D eigenvalue weighted by molar-refractivity contribution is -0.262. The molecule has 8 nitrogen and oxygen atoms in total. The minimum Gasteiger partial charge on any atom is -0.375 e. The van der Waals surface area contributed by atoms with Crippen LogP contribution in [0.25, 0.3) is 0 Å². The average Bonchev–Trinajstić information content (AvgIpc) is 2.85. The van der Waals surface area contributed by atoms with Crippen molar-refractivity contribution in [1.29, 1.82) is 0 Å². The number of carbonyl (C=O) groups is 2. The first kappa shape index (κ1) is 19.5. The maximum Gasteiger partial charge on any atom is 0.322 e. The van der Waals surface area contributed by atoms with Crippen molar-refractivity contribution in [2.24, 2.45) is 0 Å². The zero-order valence-electron chi connectivity index (χ0n) is 15.3. The number of halogens is 1. The Morgan fingerprint density at radius 2 is 2.00 bits per heavy atom. The van der Waals surface area contributed by atoms with Crippen molar-refractivity contribution in [2.45, 2.75) is 12.2 Å². The van der Waals surface area contributed by atoms with Crippen LogP contribution in [-0.4, -0.2) is 80.6 Å². The first-order valence-corrected chi connectivity index (χ1v) is 8.87. The number of nitrogens with one attached hydrogen (secondary N) is 1. The van der Waals surface area contributed by atoms with Crippen LogP contribution in [0.2, 0.25) is 0 Å². The van der Waals surface area contributed by atoms with Crippen LogP contribution >= 0.6 is 0 Å². The summed E-state index contributed by atoms with van der Waals surface area (Å²) in [6, 6.07) is 5.35. The van der Waals surface area contributed by atoms with Gasteiger partial charge in [-0.25, -0.2) is 9.18 Å². The van der Waals surface area contributed by atoms with Crippen LogP contribution in [0, 0.1) is 5.82 Å². The van der Waals surface area contributed by atoms with Crippen molar-refractivity contribution in [2.75, 3.05) is 58.4 Å². The second-order valence-corrected chi connectivity index (χ2v) is 6.57. The number of nitrogens with zero attached hydrogens (tertiary/aromatic N) is 2. The van der Waals surface area contributed by atoms with Gasteiger partial charge in [0.1, 0.15) is 12.4 Å². The average molecular weight is 381 g/mol. The Balaban J connectivity index is 1.69. The van der Waals surface area contributed by atoms with Crippen LogP contribution in [0.3, 0.4) is 0 Å².